The van der Waals surface area contributed by atoms with E-state index in [0.717, 1.165) is 17.0 Å². The molecule has 1 rings (SSSR count). The minimum absolute atomic E-state index is 0.851. The first-order chi connectivity index (χ1) is 5.81. The number of benzene rings is 1. The Labute approximate surface area is 72.9 Å². The van der Waals surface area contributed by atoms with Gasteiger partial charge in [0.05, 0.1) is 7.11 Å². The second kappa shape index (κ2) is 3.81. The molecule has 0 aromatic heterocycles. The fourth-order valence-electron chi connectivity index (χ4n) is 1.06. The zero-order chi connectivity index (χ0) is 8.97. The molecule has 12 heavy (non-hydrogen) atoms. The van der Waals surface area contributed by atoms with Crippen LogP contribution in [0.4, 0.5) is 5.69 Å². The summed E-state index contributed by atoms with van der Waals surface area (Å²) in [4.78, 5) is 0. The molecular formula is C10H13NO. The van der Waals surface area contributed by atoms with Gasteiger partial charge < -0.3 is 10.1 Å². The Bertz CT molecular complexity index is 281. The van der Waals surface area contributed by atoms with Crippen molar-refractivity contribution in [1.82, 2.24) is 0 Å². The lowest BCUT2D eigenvalue weighted by Crippen LogP contribution is -1.92. The molecule has 0 aliphatic heterocycles. The van der Waals surface area contributed by atoms with Gasteiger partial charge in [0.1, 0.15) is 5.75 Å². The molecule has 0 saturated carbocycles. The third-order valence-corrected chi connectivity index (χ3v) is 1.75. The summed E-state index contributed by atoms with van der Waals surface area (Å²) in [6.07, 6.45) is 1.80. The second-order valence-corrected chi connectivity index (χ2v) is 2.41. The summed E-state index contributed by atoms with van der Waals surface area (Å²) in [6.45, 7) is 3.72. The van der Waals surface area contributed by atoms with E-state index in [9.17, 15) is 0 Å². The molecule has 2 heteroatoms. The smallest absolute Gasteiger partial charge is 0.119 e. The number of hydrogen-bond donors (Lipinski definition) is 1. The van der Waals surface area contributed by atoms with Crippen molar-refractivity contribution < 1.29 is 4.74 Å². The molecule has 0 amide bonds. The third-order valence-electron chi connectivity index (χ3n) is 1.75. The van der Waals surface area contributed by atoms with Gasteiger partial charge in [-0.25, -0.2) is 0 Å². The Balaban J connectivity index is 3.10. The monoisotopic (exact) mass is 163 g/mol. The van der Waals surface area contributed by atoms with Crippen molar-refractivity contribution in [3.8, 4) is 5.75 Å². The predicted octanol–water partition coefficient (Wildman–Crippen LogP) is 2.38. The average molecular weight is 163 g/mol. The largest absolute Gasteiger partial charge is 0.497 e. The average Bonchev–Trinajstić information content (AvgIpc) is 2.16. The highest BCUT2D eigenvalue weighted by Crippen LogP contribution is 2.22. The van der Waals surface area contributed by atoms with Crippen molar-refractivity contribution in [3.05, 3.63) is 30.3 Å². The Hall–Kier alpha value is -1.44. The van der Waals surface area contributed by atoms with Crippen molar-refractivity contribution >= 4 is 11.8 Å². The lowest BCUT2D eigenvalue weighted by molar-refractivity contribution is 0.415. The third kappa shape index (κ3) is 1.59. The minimum Gasteiger partial charge on any atom is -0.497 e. The minimum atomic E-state index is 0.851. The standard InChI is InChI=1S/C10H13NO/c1-4-8-7-9(12-3)5-6-10(8)11-2/h4-7,11H,1H2,2-3H3. The fraction of sp³-hybridized carbons (Fsp3) is 0.200. The first kappa shape index (κ1) is 8.65. The summed E-state index contributed by atoms with van der Waals surface area (Å²) in [5.74, 6) is 0.851. The van der Waals surface area contributed by atoms with Crippen LogP contribution in [0.3, 0.4) is 0 Å². The van der Waals surface area contributed by atoms with Gasteiger partial charge in [-0.15, -0.1) is 0 Å². The molecule has 0 radical (unpaired) electrons. The summed E-state index contributed by atoms with van der Waals surface area (Å²) in [6, 6.07) is 5.83. The molecule has 0 aliphatic rings. The van der Waals surface area contributed by atoms with Crippen LogP contribution in [-0.2, 0) is 0 Å². The lowest BCUT2D eigenvalue weighted by atomic mass is 10.1. The molecule has 0 aliphatic carbocycles. The molecule has 0 atom stereocenters. The molecule has 1 aromatic carbocycles. The number of anilines is 1. The maximum absolute atomic E-state index is 5.08. The van der Waals surface area contributed by atoms with E-state index in [1.54, 1.807) is 13.2 Å². The molecule has 64 valence electrons. The molecule has 2 nitrogen and oxygen atoms in total. The van der Waals surface area contributed by atoms with Gasteiger partial charge in [0.2, 0.25) is 0 Å². The number of methoxy groups -OCH3 is 1. The topological polar surface area (TPSA) is 21.3 Å². The van der Waals surface area contributed by atoms with E-state index in [1.807, 2.05) is 25.2 Å². The number of nitrogens with one attached hydrogen (secondary N) is 1. The van der Waals surface area contributed by atoms with Crippen molar-refractivity contribution in [1.29, 1.82) is 0 Å². The summed E-state index contributed by atoms with van der Waals surface area (Å²) < 4.78 is 5.08. The molecule has 0 fully saturated rings. The number of ether oxygens (including phenoxy) is 1. The highest BCUT2D eigenvalue weighted by Gasteiger charge is 1.98. The molecule has 0 unspecified atom stereocenters. The maximum atomic E-state index is 5.08. The SMILES string of the molecule is C=Cc1cc(OC)ccc1NC. The van der Waals surface area contributed by atoms with E-state index >= 15 is 0 Å². The van der Waals surface area contributed by atoms with E-state index < -0.39 is 0 Å². The number of rotatable bonds is 3. The van der Waals surface area contributed by atoms with E-state index in [-0.39, 0.29) is 0 Å². The number of hydrogen-bond acceptors (Lipinski definition) is 2. The van der Waals surface area contributed by atoms with Gasteiger partial charge in [-0.3, -0.25) is 0 Å². The van der Waals surface area contributed by atoms with Crippen LogP contribution < -0.4 is 10.1 Å². The Morgan fingerprint density at radius 2 is 2.25 bits per heavy atom. The van der Waals surface area contributed by atoms with Gasteiger partial charge in [-0.1, -0.05) is 12.7 Å². The van der Waals surface area contributed by atoms with Crippen LogP contribution in [0.25, 0.3) is 6.08 Å². The zero-order valence-corrected chi connectivity index (χ0v) is 7.42. The Morgan fingerprint density at radius 3 is 2.75 bits per heavy atom. The Kier molecular flexibility index (Phi) is 2.75. The summed E-state index contributed by atoms with van der Waals surface area (Å²) >= 11 is 0. The van der Waals surface area contributed by atoms with Crippen LogP contribution in [0.15, 0.2) is 24.8 Å². The van der Waals surface area contributed by atoms with Gasteiger partial charge in [0.25, 0.3) is 0 Å². The molecule has 0 spiro atoms. The highest BCUT2D eigenvalue weighted by atomic mass is 16.5. The quantitative estimate of drug-likeness (QED) is 0.738. The molecule has 0 heterocycles. The lowest BCUT2D eigenvalue weighted by Gasteiger charge is -2.06. The van der Waals surface area contributed by atoms with Crippen LogP contribution >= 0.6 is 0 Å². The Morgan fingerprint density at radius 1 is 1.50 bits per heavy atom. The maximum Gasteiger partial charge on any atom is 0.119 e. The molecule has 1 N–H and O–H groups in total. The molecule has 0 saturated heterocycles. The van der Waals surface area contributed by atoms with Crippen LogP contribution in [-0.4, -0.2) is 14.2 Å². The van der Waals surface area contributed by atoms with Crippen molar-refractivity contribution in [2.45, 2.75) is 0 Å². The van der Waals surface area contributed by atoms with E-state index in [0.29, 0.717) is 0 Å². The zero-order valence-electron chi connectivity index (χ0n) is 7.42. The van der Waals surface area contributed by atoms with Gasteiger partial charge in [-0.05, 0) is 18.2 Å². The summed E-state index contributed by atoms with van der Waals surface area (Å²) in [5.41, 5.74) is 2.11. The molecule has 1 aromatic rings. The fourth-order valence-corrected chi connectivity index (χ4v) is 1.06. The van der Waals surface area contributed by atoms with Gasteiger partial charge in [0.15, 0.2) is 0 Å². The van der Waals surface area contributed by atoms with Crippen molar-refractivity contribution in [3.63, 3.8) is 0 Å². The van der Waals surface area contributed by atoms with Crippen molar-refractivity contribution in [2.75, 3.05) is 19.5 Å². The van der Waals surface area contributed by atoms with Crippen LogP contribution in [0.5, 0.6) is 5.75 Å². The van der Waals surface area contributed by atoms with E-state index in [4.69, 9.17) is 4.74 Å². The first-order valence-electron chi connectivity index (χ1n) is 3.80. The van der Waals surface area contributed by atoms with E-state index in [1.165, 1.54) is 0 Å². The first-order valence-corrected chi connectivity index (χ1v) is 3.80. The summed E-state index contributed by atoms with van der Waals surface area (Å²) in [7, 11) is 3.54. The second-order valence-electron chi connectivity index (χ2n) is 2.41. The predicted molar refractivity (Wildman–Crippen MR) is 52.6 cm³/mol. The van der Waals surface area contributed by atoms with Crippen LogP contribution in [0, 0.1) is 0 Å². The van der Waals surface area contributed by atoms with E-state index in [2.05, 4.69) is 11.9 Å². The molecular weight excluding hydrogens is 150 g/mol. The van der Waals surface area contributed by atoms with Gasteiger partial charge in [0, 0.05) is 18.3 Å². The van der Waals surface area contributed by atoms with Gasteiger partial charge >= 0.3 is 0 Å². The highest BCUT2D eigenvalue weighted by molar-refractivity contribution is 5.67. The summed E-state index contributed by atoms with van der Waals surface area (Å²) in [5, 5.41) is 3.07. The van der Waals surface area contributed by atoms with Crippen LogP contribution in [0.1, 0.15) is 5.56 Å². The molecule has 0 bridgehead atoms. The van der Waals surface area contributed by atoms with Gasteiger partial charge in [-0.2, -0.15) is 0 Å². The van der Waals surface area contributed by atoms with Crippen molar-refractivity contribution in [2.24, 2.45) is 0 Å². The normalized spacial score (nSPS) is 9.17. The van der Waals surface area contributed by atoms with Crippen LogP contribution in [0.2, 0.25) is 0 Å².